The van der Waals surface area contributed by atoms with E-state index in [1.807, 2.05) is 12.1 Å². The minimum absolute atomic E-state index is 0.0196. The molecule has 0 N–H and O–H groups in total. The summed E-state index contributed by atoms with van der Waals surface area (Å²) in [5, 5.41) is 0.220. The Morgan fingerprint density at radius 1 is 0.926 bits per heavy atom. The maximum atomic E-state index is 12.8. The molecule has 0 aromatic heterocycles. The van der Waals surface area contributed by atoms with Crippen LogP contribution in [0.3, 0.4) is 0 Å². The number of carbonyl (C=O) groups is 2. The number of carbonyl (C=O) groups excluding carboxylic acids is 2. The number of hydrogen-bond donors (Lipinski definition) is 0. The third-order valence-corrected chi connectivity index (χ3v) is 11.1. The van der Waals surface area contributed by atoms with Crippen LogP contribution in [0.1, 0.15) is 80.0 Å². The highest BCUT2D eigenvalue weighted by atomic mass is 28.4. The van der Waals surface area contributed by atoms with Gasteiger partial charge in [0, 0.05) is 12.1 Å². The summed E-state index contributed by atoms with van der Waals surface area (Å²) in [5.41, 5.74) is 1.12. The Kier molecular flexibility index (Phi) is 5.64. The fourth-order valence-corrected chi connectivity index (χ4v) is 5.38. The lowest BCUT2D eigenvalue weighted by Crippen LogP contribution is -2.45. The Labute approximate surface area is 164 Å². The molecule has 1 aliphatic heterocycles. The lowest BCUT2D eigenvalue weighted by molar-refractivity contribution is 0.0540. The number of fused-ring (bicyclic) bond motifs is 1. The van der Waals surface area contributed by atoms with Gasteiger partial charge in [-0.25, -0.2) is 0 Å². The number of nitrogens with zero attached hydrogens (tertiary/aromatic N) is 1. The number of amides is 2. The molecule has 5 heteroatoms. The lowest BCUT2D eigenvalue weighted by Gasteiger charge is -2.40. The van der Waals surface area contributed by atoms with Crippen LogP contribution in [-0.2, 0) is 4.43 Å². The van der Waals surface area contributed by atoms with Gasteiger partial charge in [-0.1, -0.05) is 32.9 Å². The maximum Gasteiger partial charge on any atom is 0.261 e. The number of rotatable bonds is 3. The van der Waals surface area contributed by atoms with Crippen molar-refractivity contribution in [3.8, 4) is 0 Å². The van der Waals surface area contributed by atoms with Gasteiger partial charge in [-0.3, -0.25) is 14.5 Å². The molecule has 148 valence electrons. The largest absolute Gasteiger partial charge is 0.414 e. The number of benzene rings is 1. The van der Waals surface area contributed by atoms with Crippen LogP contribution in [0.25, 0.3) is 0 Å². The predicted octanol–water partition coefficient (Wildman–Crippen LogP) is 5.40. The highest BCUT2D eigenvalue weighted by Crippen LogP contribution is 2.39. The zero-order valence-corrected chi connectivity index (χ0v) is 18.4. The standard InChI is InChI=1S/C22H33NO3Si/c1-22(2,3)27(4,5)26-17-12-8-10-16(11-9-13-17)23-20(24)18-14-6-7-15-19(18)21(23)25/h6-7,14-17H,8-13H2,1-5H3. The third kappa shape index (κ3) is 4.04. The van der Waals surface area contributed by atoms with Crippen molar-refractivity contribution in [2.24, 2.45) is 0 Å². The van der Waals surface area contributed by atoms with Crippen molar-refractivity contribution in [2.45, 2.75) is 89.6 Å². The van der Waals surface area contributed by atoms with E-state index in [1.54, 1.807) is 12.1 Å². The highest BCUT2D eigenvalue weighted by molar-refractivity contribution is 6.74. The summed E-state index contributed by atoms with van der Waals surface area (Å²) in [6.45, 7) is 11.5. The average molecular weight is 388 g/mol. The summed E-state index contributed by atoms with van der Waals surface area (Å²) < 4.78 is 6.62. The number of hydrogen-bond acceptors (Lipinski definition) is 3. The number of imide groups is 1. The van der Waals surface area contributed by atoms with E-state index in [2.05, 4.69) is 33.9 Å². The topological polar surface area (TPSA) is 46.6 Å². The second-order valence-electron chi connectivity index (χ2n) is 9.54. The van der Waals surface area contributed by atoms with Crippen molar-refractivity contribution in [1.29, 1.82) is 0 Å². The van der Waals surface area contributed by atoms with Gasteiger partial charge in [0.2, 0.25) is 0 Å². The summed E-state index contributed by atoms with van der Waals surface area (Å²) in [4.78, 5) is 27.0. The molecule has 1 saturated carbocycles. The molecule has 2 aliphatic rings. The molecule has 1 aliphatic carbocycles. The minimum atomic E-state index is -1.76. The second-order valence-corrected chi connectivity index (χ2v) is 14.3. The van der Waals surface area contributed by atoms with Crippen LogP contribution in [0.4, 0.5) is 0 Å². The van der Waals surface area contributed by atoms with Gasteiger partial charge in [0.05, 0.1) is 11.1 Å². The van der Waals surface area contributed by atoms with Gasteiger partial charge >= 0.3 is 0 Å². The summed E-state index contributed by atoms with van der Waals surface area (Å²) in [5.74, 6) is -0.231. The van der Waals surface area contributed by atoms with E-state index in [0.717, 1.165) is 38.5 Å². The van der Waals surface area contributed by atoms with Gasteiger partial charge in [0.25, 0.3) is 11.8 Å². The van der Waals surface area contributed by atoms with E-state index < -0.39 is 8.32 Å². The smallest absolute Gasteiger partial charge is 0.261 e. The Hall–Kier alpha value is -1.46. The Morgan fingerprint density at radius 2 is 1.41 bits per heavy atom. The van der Waals surface area contributed by atoms with Crippen molar-refractivity contribution in [2.75, 3.05) is 0 Å². The lowest BCUT2D eigenvalue weighted by atomic mass is 9.94. The first-order valence-electron chi connectivity index (χ1n) is 10.3. The van der Waals surface area contributed by atoms with Crippen LogP contribution in [0.15, 0.2) is 24.3 Å². The summed E-state index contributed by atoms with van der Waals surface area (Å²) in [6.07, 6.45) is 6.10. The van der Waals surface area contributed by atoms with Crippen molar-refractivity contribution < 1.29 is 14.0 Å². The Morgan fingerprint density at radius 3 is 1.85 bits per heavy atom. The van der Waals surface area contributed by atoms with Gasteiger partial charge in [0.15, 0.2) is 8.32 Å². The Balaban J connectivity index is 1.63. The first-order chi connectivity index (χ1) is 12.6. The first-order valence-corrected chi connectivity index (χ1v) is 13.2. The van der Waals surface area contributed by atoms with Gasteiger partial charge in [0.1, 0.15) is 0 Å². The molecular formula is C22H33NO3Si. The summed E-state index contributed by atoms with van der Waals surface area (Å²) >= 11 is 0. The first kappa shape index (κ1) is 20.3. The monoisotopic (exact) mass is 387 g/mol. The molecule has 2 amide bonds. The highest BCUT2D eigenvalue weighted by Gasteiger charge is 2.41. The molecule has 1 fully saturated rings. The fraction of sp³-hybridized carbons (Fsp3) is 0.636. The molecule has 1 aromatic rings. The van der Waals surface area contributed by atoms with E-state index in [0.29, 0.717) is 17.2 Å². The molecule has 27 heavy (non-hydrogen) atoms. The molecule has 0 unspecified atom stereocenters. The van der Waals surface area contributed by atoms with Crippen LogP contribution in [0, 0.1) is 0 Å². The van der Waals surface area contributed by atoms with Crippen LogP contribution < -0.4 is 0 Å². The van der Waals surface area contributed by atoms with Crippen molar-refractivity contribution >= 4 is 20.1 Å². The SMILES string of the molecule is CC(C)(C)[Si](C)(C)OC1CCCC(N2C(=O)c3ccccc3C2=O)CCC1. The Bertz CT molecular complexity index is 678. The molecule has 1 aromatic carbocycles. The molecule has 1 heterocycles. The van der Waals surface area contributed by atoms with Crippen molar-refractivity contribution in [1.82, 2.24) is 4.90 Å². The minimum Gasteiger partial charge on any atom is -0.414 e. The summed E-state index contributed by atoms with van der Waals surface area (Å²) in [6, 6.07) is 7.21. The van der Waals surface area contributed by atoms with E-state index in [9.17, 15) is 9.59 Å². The van der Waals surface area contributed by atoms with Gasteiger partial charge < -0.3 is 4.43 Å². The fourth-order valence-electron chi connectivity index (χ4n) is 3.96. The van der Waals surface area contributed by atoms with E-state index >= 15 is 0 Å². The molecule has 0 spiro atoms. The van der Waals surface area contributed by atoms with Crippen LogP contribution in [0.5, 0.6) is 0 Å². The van der Waals surface area contributed by atoms with Crippen molar-refractivity contribution in [3.63, 3.8) is 0 Å². The molecule has 3 rings (SSSR count). The van der Waals surface area contributed by atoms with Crippen LogP contribution in [0.2, 0.25) is 18.1 Å². The average Bonchev–Trinajstić information content (AvgIpc) is 2.81. The molecule has 0 saturated heterocycles. The van der Waals surface area contributed by atoms with Crippen molar-refractivity contribution in [3.05, 3.63) is 35.4 Å². The van der Waals surface area contributed by atoms with E-state index in [4.69, 9.17) is 4.43 Å². The van der Waals surface area contributed by atoms with Gasteiger partial charge in [-0.2, -0.15) is 0 Å². The quantitative estimate of drug-likeness (QED) is 0.515. The third-order valence-electron chi connectivity index (χ3n) is 6.59. The van der Waals surface area contributed by atoms with Crippen LogP contribution in [-0.4, -0.2) is 37.2 Å². The zero-order chi connectivity index (χ0) is 19.8. The van der Waals surface area contributed by atoms with E-state index in [1.165, 1.54) is 4.90 Å². The molecule has 0 atom stereocenters. The summed E-state index contributed by atoms with van der Waals surface area (Å²) in [7, 11) is -1.76. The van der Waals surface area contributed by atoms with E-state index in [-0.39, 0.29) is 22.9 Å². The van der Waals surface area contributed by atoms with Crippen LogP contribution >= 0.6 is 0 Å². The molecular weight excluding hydrogens is 354 g/mol. The normalized spacial score (nSPS) is 24.6. The molecule has 0 bridgehead atoms. The maximum absolute atomic E-state index is 12.8. The molecule has 4 nitrogen and oxygen atoms in total. The van der Waals surface area contributed by atoms with Gasteiger partial charge in [-0.15, -0.1) is 0 Å². The predicted molar refractivity (Wildman–Crippen MR) is 111 cm³/mol. The zero-order valence-electron chi connectivity index (χ0n) is 17.4. The second kappa shape index (κ2) is 7.51. The van der Waals surface area contributed by atoms with Gasteiger partial charge in [-0.05, 0) is 68.8 Å². The molecule has 0 radical (unpaired) electrons.